The first-order valence-corrected chi connectivity index (χ1v) is 10.3. The van der Waals surface area contributed by atoms with Crippen molar-refractivity contribution in [2.45, 2.75) is 59.4 Å². The van der Waals surface area contributed by atoms with Crippen LogP contribution in [0.25, 0.3) is 0 Å². The summed E-state index contributed by atoms with van der Waals surface area (Å²) in [6.07, 6.45) is 8.64. The molecular formula is C23H33N3O. The first-order valence-electron chi connectivity index (χ1n) is 10.3. The molecule has 2 aromatic rings. The molecule has 1 saturated heterocycles. The van der Waals surface area contributed by atoms with E-state index in [2.05, 4.69) is 53.8 Å². The van der Waals surface area contributed by atoms with Gasteiger partial charge < -0.3 is 4.74 Å². The Morgan fingerprint density at radius 2 is 1.93 bits per heavy atom. The van der Waals surface area contributed by atoms with Gasteiger partial charge in [0.15, 0.2) is 0 Å². The van der Waals surface area contributed by atoms with Gasteiger partial charge in [-0.05, 0) is 88.2 Å². The van der Waals surface area contributed by atoms with Crippen LogP contribution in [-0.4, -0.2) is 34.6 Å². The molecule has 27 heavy (non-hydrogen) atoms. The predicted molar refractivity (Wildman–Crippen MR) is 110 cm³/mol. The largest absolute Gasteiger partial charge is 0.492 e. The molecule has 1 fully saturated rings. The lowest BCUT2D eigenvalue weighted by Crippen LogP contribution is -2.38. The summed E-state index contributed by atoms with van der Waals surface area (Å²) < 4.78 is 5.66. The number of hydrogen-bond acceptors (Lipinski definition) is 4. The molecule has 4 nitrogen and oxygen atoms in total. The molecule has 0 saturated carbocycles. The molecule has 1 aliphatic heterocycles. The quantitative estimate of drug-likeness (QED) is 0.698. The van der Waals surface area contributed by atoms with Gasteiger partial charge in [0.25, 0.3) is 0 Å². The SMILES string of the molecule is CCOc1cncc(C(CC)N2CCC[C@H](Cc3cc(C)nc(C)c3)C2)c1. The van der Waals surface area contributed by atoms with E-state index in [0.717, 1.165) is 36.5 Å². The van der Waals surface area contributed by atoms with Crippen molar-refractivity contribution in [3.05, 3.63) is 53.1 Å². The highest BCUT2D eigenvalue weighted by Crippen LogP contribution is 2.31. The summed E-state index contributed by atoms with van der Waals surface area (Å²) in [5, 5.41) is 0. The number of piperidine rings is 1. The van der Waals surface area contributed by atoms with Crippen molar-refractivity contribution in [2.24, 2.45) is 5.92 Å². The van der Waals surface area contributed by atoms with E-state index in [-0.39, 0.29) is 0 Å². The van der Waals surface area contributed by atoms with Crippen LogP contribution in [0.4, 0.5) is 0 Å². The highest BCUT2D eigenvalue weighted by atomic mass is 16.5. The van der Waals surface area contributed by atoms with E-state index in [4.69, 9.17) is 4.74 Å². The van der Waals surface area contributed by atoms with Crippen LogP contribution in [0.15, 0.2) is 30.6 Å². The second-order valence-corrected chi connectivity index (χ2v) is 7.78. The Morgan fingerprint density at radius 3 is 2.63 bits per heavy atom. The monoisotopic (exact) mass is 367 g/mol. The smallest absolute Gasteiger partial charge is 0.137 e. The van der Waals surface area contributed by atoms with Gasteiger partial charge in [0, 0.05) is 30.2 Å². The normalized spacial score (nSPS) is 19.0. The zero-order chi connectivity index (χ0) is 19.2. The number of aromatic nitrogens is 2. The molecule has 2 aromatic heterocycles. The fourth-order valence-corrected chi connectivity index (χ4v) is 4.49. The van der Waals surface area contributed by atoms with Crippen LogP contribution in [0, 0.1) is 19.8 Å². The number of aryl methyl sites for hydroxylation is 2. The summed E-state index contributed by atoms with van der Waals surface area (Å²) in [6.45, 7) is 11.5. The minimum atomic E-state index is 0.418. The summed E-state index contributed by atoms with van der Waals surface area (Å²) in [4.78, 5) is 11.6. The van der Waals surface area contributed by atoms with Crippen LogP contribution in [-0.2, 0) is 6.42 Å². The molecule has 0 aliphatic carbocycles. The highest BCUT2D eigenvalue weighted by Gasteiger charge is 2.26. The second kappa shape index (κ2) is 9.32. The number of rotatable bonds is 7. The number of hydrogen-bond donors (Lipinski definition) is 0. The van der Waals surface area contributed by atoms with Crippen LogP contribution in [0.3, 0.4) is 0 Å². The molecular weight excluding hydrogens is 334 g/mol. The first-order chi connectivity index (χ1) is 13.1. The van der Waals surface area contributed by atoms with E-state index in [1.165, 1.54) is 30.5 Å². The fraction of sp³-hybridized carbons (Fsp3) is 0.565. The molecule has 0 radical (unpaired) electrons. The van der Waals surface area contributed by atoms with E-state index in [1.807, 2.05) is 19.3 Å². The highest BCUT2D eigenvalue weighted by molar-refractivity contribution is 5.26. The van der Waals surface area contributed by atoms with Crippen molar-refractivity contribution in [3.8, 4) is 5.75 Å². The van der Waals surface area contributed by atoms with Crippen molar-refractivity contribution in [1.29, 1.82) is 0 Å². The maximum absolute atomic E-state index is 5.66. The van der Waals surface area contributed by atoms with Gasteiger partial charge in [0.1, 0.15) is 5.75 Å². The Labute approximate surface area is 164 Å². The zero-order valence-electron chi connectivity index (χ0n) is 17.2. The summed E-state index contributed by atoms with van der Waals surface area (Å²) in [7, 11) is 0. The van der Waals surface area contributed by atoms with Crippen molar-refractivity contribution >= 4 is 0 Å². The maximum Gasteiger partial charge on any atom is 0.137 e. The van der Waals surface area contributed by atoms with Gasteiger partial charge in [0.05, 0.1) is 12.8 Å². The molecule has 0 amide bonds. The summed E-state index contributed by atoms with van der Waals surface area (Å²) in [6, 6.07) is 7.09. The molecule has 0 aromatic carbocycles. The summed E-state index contributed by atoms with van der Waals surface area (Å²) in [5.41, 5.74) is 4.96. The molecule has 2 atom stereocenters. The fourth-order valence-electron chi connectivity index (χ4n) is 4.49. The second-order valence-electron chi connectivity index (χ2n) is 7.78. The average Bonchev–Trinajstić information content (AvgIpc) is 2.62. The number of nitrogens with zero attached hydrogens (tertiary/aromatic N) is 3. The van der Waals surface area contributed by atoms with Crippen molar-refractivity contribution in [1.82, 2.24) is 14.9 Å². The Kier molecular flexibility index (Phi) is 6.84. The van der Waals surface area contributed by atoms with E-state index in [1.54, 1.807) is 0 Å². The standard InChI is InChI=1S/C23H33N3O/c1-5-23(21-13-22(27-6-2)15-24-14-21)26-9-7-8-19(16-26)12-20-10-17(3)25-18(4)11-20/h10-11,13-15,19,23H,5-9,12,16H2,1-4H3/t19-,23?/m1/s1. The molecule has 4 heteroatoms. The van der Waals surface area contributed by atoms with Crippen LogP contribution in [0.5, 0.6) is 5.75 Å². The van der Waals surface area contributed by atoms with E-state index >= 15 is 0 Å². The Morgan fingerprint density at radius 1 is 1.15 bits per heavy atom. The van der Waals surface area contributed by atoms with Gasteiger partial charge in [-0.2, -0.15) is 0 Å². The number of ether oxygens (including phenoxy) is 1. The third kappa shape index (κ3) is 5.29. The molecule has 1 aliphatic rings. The third-order valence-corrected chi connectivity index (χ3v) is 5.47. The molecule has 0 bridgehead atoms. The minimum Gasteiger partial charge on any atom is -0.492 e. The molecule has 3 rings (SSSR count). The topological polar surface area (TPSA) is 38.2 Å². The minimum absolute atomic E-state index is 0.418. The van der Waals surface area contributed by atoms with Crippen molar-refractivity contribution in [2.75, 3.05) is 19.7 Å². The van der Waals surface area contributed by atoms with E-state index < -0.39 is 0 Å². The lowest BCUT2D eigenvalue weighted by atomic mass is 9.89. The average molecular weight is 368 g/mol. The van der Waals surface area contributed by atoms with E-state index in [0.29, 0.717) is 18.6 Å². The number of likely N-dealkylation sites (tertiary alicyclic amines) is 1. The molecule has 3 heterocycles. The molecule has 1 unspecified atom stereocenters. The van der Waals surface area contributed by atoms with Crippen LogP contribution in [0.1, 0.15) is 61.7 Å². The van der Waals surface area contributed by atoms with Gasteiger partial charge in [-0.3, -0.25) is 14.9 Å². The molecule has 0 spiro atoms. The zero-order valence-corrected chi connectivity index (χ0v) is 17.2. The summed E-state index contributed by atoms with van der Waals surface area (Å²) >= 11 is 0. The first kappa shape index (κ1) is 19.8. The lowest BCUT2D eigenvalue weighted by Gasteiger charge is -2.38. The Balaban J connectivity index is 1.71. The van der Waals surface area contributed by atoms with Gasteiger partial charge >= 0.3 is 0 Å². The maximum atomic E-state index is 5.66. The number of pyridine rings is 2. The van der Waals surface area contributed by atoms with Gasteiger partial charge in [-0.1, -0.05) is 6.92 Å². The molecule has 0 N–H and O–H groups in total. The van der Waals surface area contributed by atoms with Crippen LogP contribution in [0.2, 0.25) is 0 Å². The summed E-state index contributed by atoms with van der Waals surface area (Å²) in [5.74, 6) is 1.58. The van der Waals surface area contributed by atoms with Crippen LogP contribution >= 0.6 is 0 Å². The van der Waals surface area contributed by atoms with Gasteiger partial charge in [-0.25, -0.2) is 0 Å². The lowest BCUT2D eigenvalue weighted by molar-refractivity contribution is 0.119. The Bertz CT molecular complexity index is 726. The molecule has 146 valence electrons. The van der Waals surface area contributed by atoms with Crippen molar-refractivity contribution in [3.63, 3.8) is 0 Å². The third-order valence-electron chi connectivity index (χ3n) is 5.47. The van der Waals surface area contributed by atoms with E-state index in [9.17, 15) is 0 Å². The Hall–Kier alpha value is -1.94. The van der Waals surface area contributed by atoms with Crippen molar-refractivity contribution < 1.29 is 4.74 Å². The van der Waals surface area contributed by atoms with Gasteiger partial charge in [-0.15, -0.1) is 0 Å². The van der Waals surface area contributed by atoms with Crippen LogP contribution < -0.4 is 4.74 Å². The van der Waals surface area contributed by atoms with Gasteiger partial charge in [0.2, 0.25) is 0 Å². The predicted octanol–water partition coefficient (Wildman–Crippen LogP) is 4.90.